The van der Waals surface area contributed by atoms with Gasteiger partial charge in [-0.2, -0.15) is 0 Å². The number of imide groups is 1. The van der Waals surface area contributed by atoms with Crippen LogP contribution in [0.25, 0.3) is 0 Å². The summed E-state index contributed by atoms with van der Waals surface area (Å²) in [4.78, 5) is 74.7. The standard InChI is InChI=1S/C29H40N6O8/c1-17(32-21(36)13-15-35-22(37)11-12-23(35)38)25(39)34-20(6-5-14-31-27-24(30)43-27)26(40)33-19-9-7-18(8-10-19)16-42-28(41)29(2,3)4/h7-12,17,20,24,27,31H,5-6,13-16,30H2,1-4H3,(H,32,36)(H,33,40)(H,34,39)/t17-,20-,24?,27?/m0/s1. The zero-order chi connectivity index (χ0) is 31.7. The van der Waals surface area contributed by atoms with Gasteiger partial charge < -0.3 is 31.2 Å². The molecule has 1 aromatic carbocycles. The molecule has 0 saturated carbocycles. The van der Waals surface area contributed by atoms with Crippen molar-refractivity contribution in [3.05, 3.63) is 42.0 Å². The summed E-state index contributed by atoms with van der Waals surface area (Å²) in [6, 6.07) is 4.85. The largest absolute Gasteiger partial charge is 0.460 e. The van der Waals surface area contributed by atoms with Crippen LogP contribution in [0.5, 0.6) is 0 Å². The van der Waals surface area contributed by atoms with Gasteiger partial charge in [-0.1, -0.05) is 12.1 Å². The Morgan fingerprint density at radius 1 is 1.02 bits per heavy atom. The Morgan fingerprint density at radius 2 is 1.65 bits per heavy atom. The molecule has 0 bridgehead atoms. The van der Waals surface area contributed by atoms with E-state index in [-0.39, 0.29) is 44.4 Å². The molecule has 4 atom stereocenters. The second-order valence-corrected chi connectivity index (χ2v) is 11.4. The van der Waals surface area contributed by atoms with E-state index >= 15 is 0 Å². The summed E-state index contributed by atoms with van der Waals surface area (Å²) in [6.07, 6.45) is 2.27. The molecule has 234 valence electrons. The highest BCUT2D eigenvalue weighted by Gasteiger charge is 2.34. The zero-order valence-corrected chi connectivity index (χ0v) is 24.8. The maximum Gasteiger partial charge on any atom is 0.311 e. The van der Waals surface area contributed by atoms with Crippen LogP contribution in [0.2, 0.25) is 0 Å². The van der Waals surface area contributed by atoms with Crippen LogP contribution in [-0.2, 0) is 44.8 Å². The maximum absolute atomic E-state index is 13.2. The fourth-order valence-electron chi connectivity index (χ4n) is 3.93. The monoisotopic (exact) mass is 600 g/mol. The fourth-order valence-corrected chi connectivity index (χ4v) is 3.93. The summed E-state index contributed by atoms with van der Waals surface area (Å²) in [6.45, 7) is 7.24. The van der Waals surface area contributed by atoms with Gasteiger partial charge in [0, 0.05) is 30.8 Å². The molecule has 43 heavy (non-hydrogen) atoms. The number of ether oxygens (including phenoxy) is 2. The SMILES string of the molecule is C[C@H](NC(=O)CCN1C(=O)C=CC1=O)C(=O)N[C@@H](CCCNC1OC1N)C(=O)Nc1ccc(COC(=O)C(C)(C)C)cc1. The van der Waals surface area contributed by atoms with E-state index in [9.17, 15) is 28.8 Å². The number of carbonyl (C=O) groups is 6. The van der Waals surface area contributed by atoms with Gasteiger partial charge in [0.15, 0.2) is 0 Å². The van der Waals surface area contributed by atoms with E-state index in [1.54, 1.807) is 45.0 Å². The first-order valence-corrected chi connectivity index (χ1v) is 14.1. The number of hydrogen-bond donors (Lipinski definition) is 5. The van der Waals surface area contributed by atoms with Crippen molar-refractivity contribution in [2.24, 2.45) is 11.1 Å². The molecule has 0 aliphatic carbocycles. The summed E-state index contributed by atoms with van der Waals surface area (Å²) in [5, 5.41) is 11.1. The normalized spacial score (nSPS) is 19.0. The average Bonchev–Trinajstić information content (AvgIpc) is 3.56. The summed E-state index contributed by atoms with van der Waals surface area (Å²) >= 11 is 0. The van der Waals surface area contributed by atoms with Crippen molar-refractivity contribution in [3.8, 4) is 0 Å². The first-order chi connectivity index (χ1) is 20.2. The summed E-state index contributed by atoms with van der Waals surface area (Å²) < 4.78 is 10.4. The highest BCUT2D eigenvalue weighted by molar-refractivity contribution is 6.13. The molecular weight excluding hydrogens is 560 g/mol. The third kappa shape index (κ3) is 10.6. The Bertz CT molecular complexity index is 1220. The quantitative estimate of drug-likeness (QED) is 0.0791. The molecular formula is C29H40N6O8. The van der Waals surface area contributed by atoms with Gasteiger partial charge in [0.1, 0.15) is 31.1 Å². The molecule has 2 heterocycles. The van der Waals surface area contributed by atoms with Crippen molar-refractivity contribution in [3.63, 3.8) is 0 Å². The van der Waals surface area contributed by atoms with E-state index in [0.717, 1.165) is 22.6 Å². The molecule has 3 rings (SSSR count). The fraction of sp³-hybridized carbons (Fsp3) is 0.517. The van der Waals surface area contributed by atoms with Crippen LogP contribution in [-0.4, -0.2) is 78.0 Å². The van der Waals surface area contributed by atoms with E-state index in [2.05, 4.69) is 21.3 Å². The first-order valence-electron chi connectivity index (χ1n) is 14.1. The Balaban J connectivity index is 1.53. The molecule has 2 unspecified atom stereocenters. The van der Waals surface area contributed by atoms with Crippen LogP contribution >= 0.6 is 0 Å². The minimum atomic E-state index is -0.989. The van der Waals surface area contributed by atoms with Gasteiger partial charge in [-0.3, -0.25) is 39.0 Å². The Morgan fingerprint density at radius 3 is 2.23 bits per heavy atom. The Labute approximate surface area is 250 Å². The molecule has 0 spiro atoms. The lowest BCUT2D eigenvalue weighted by Gasteiger charge is -2.22. The zero-order valence-electron chi connectivity index (χ0n) is 24.8. The number of epoxide rings is 1. The lowest BCUT2D eigenvalue weighted by Crippen LogP contribution is -2.52. The number of amides is 5. The number of rotatable bonds is 15. The van der Waals surface area contributed by atoms with E-state index < -0.39 is 47.0 Å². The summed E-state index contributed by atoms with van der Waals surface area (Å²) in [5.74, 6) is -2.90. The Hall–Kier alpha value is -4.14. The molecule has 5 amide bonds. The number of nitrogens with one attached hydrogen (secondary N) is 4. The Kier molecular flexibility index (Phi) is 11.5. The van der Waals surface area contributed by atoms with Crippen molar-refractivity contribution in [2.45, 2.75) is 78.1 Å². The number of nitrogens with zero attached hydrogens (tertiary/aromatic N) is 1. The number of anilines is 1. The molecule has 6 N–H and O–H groups in total. The van der Waals surface area contributed by atoms with E-state index in [0.29, 0.717) is 18.7 Å². The van der Waals surface area contributed by atoms with Gasteiger partial charge in [0.05, 0.1) is 5.41 Å². The molecule has 2 aliphatic heterocycles. The van der Waals surface area contributed by atoms with Crippen LogP contribution in [0.4, 0.5) is 5.69 Å². The van der Waals surface area contributed by atoms with Gasteiger partial charge in [-0.05, 0) is 64.8 Å². The third-order valence-electron chi connectivity index (χ3n) is 6.61. The summed E-state index contributed by atoms with van der Waals surface area (Å²) in [5.41, 5.74) is 6.21. The van der Waals surface area contributed by atoms with Crippen molar-refractivity contribution in [1.29, 1.82) is 0 Å². The second-order valence-electron chi connectivity index (χ2n) is 11.4. The molecule has 14 nitrogen and oxygen atoms in total. The van der Waals surface area contributed by atoms with Gasteiger partial charge in [0.25, 0.3) is 11.8 Å². The molecule has 1 saturated heterocycles. The van der Waals surface area contributed by atoms with E-state index in [1.165, 1.54) is 6.92 Å². The van der Waals surface area contributed by atoms with Crippen molar-refractivity contribution in [2.75, 3.05) is 18.4 Å². The lowest BCUT2D eigenvalue weighted by atomic mass is 9.97. The first kappa shape index (κ1) is 33.4. The topological polar surface area (TPSA) is 202 Å². The average molecular weight is 601 g/mol. The minimum Gasteiger partial charge on any atom is -0.460 e. The predicted molar refractivity (Wildman–Crippen MR) is 154 cm³/mol. The highest BCUT2D eigenvalue weighted by atomic mass is 16.6. The number of carbonyl (C=O) groups excluding carboxylic acids is 6. The van der Waals surface area contributed by atoms with Gasteiger partial charge >= 0.3 is 5.97 Å². The van der Waals surface area contributed by atoms with Gasteiger partial charge in [-0.25, -0.2) is 0 Å². The lowest BCUT2D eigenvalue weighted by molar-refractivity contribution is -0.154. The molecule has 14 heteroatoms. The van der Waals surface area contributed by atoms with E-state index in [4.69, 9.17) is 15.2 Å². The van der Waals surface area contributed by atoms with Crippen molar-refractivity contribution < 1.29 is 38.2 Å². The van der Waals surface area contributed by atoms with Crippen molar-refractivity contribution in [1.82, 2.24) is 20.9 Å². The minimum absolute atomic E-state index is 0.0928. The van der Waals surface area contributed by atoms with E-state index in [1.807, 2.05) is 0 Å². The molecule has 0 aromatic heterocycles. The predicted octanol–water partition coefficient (Wildman–Crippen LogP) is 0.0299. The summed E-state index contributed by atoms with van der Waals surface area (Å²) in [7, 11) is 0. The third-order valence-corrected chi connectivity index (χ3v) is 6.61. The molecule has 1 fully saturated rings. The number of benzene rings is 1. The highest BCUT2D eigenvalue weighted by Crippen LogP contribution is 2.18. The molecule has 2 aliphatic rings. The van der Waals surface area contributed by atoms with Crippen LogP contribution in [0.15, 0.2) is 36.4 Å². The number of esters is 1. The smallest absolute Gasteiger partial charge is 0.311 e. The van der Waals surface area contributed by atoms with Crippen LogP contribution < -0.4 is 27.0 Å². The number of nitrogens with two attached hydrogens (primary N) is 1. The second kappa shape index (κ2) is 14.8. The molecule has 0 radical (unpaired) electrons. The maximum atomic E-state index is 13.2. The number of hydrogen-bond acceptors (Lipinski definition) is 10. The van der Waals surface area contributed by atoms with Crippen LogP contribution in [0, 0.1) is 5.41 Å². The molecule has 1 aromatic rings. The van der Waals surface area contributed by atoms with Gasteiger partial charge in [0.2, 0.25) is 17.7 Å². The van der Waals surface area contributed by atoms with Crippen molar-refractivity contribution >= 4 is 41.2 Å². The van der Waals surface area contributed by atoms with Crippen LogP contribution in [0.1, 0.15) is 52.5 Å². The van der Waals surface area contributed by atoms with Gasteiger partial charge in [-0.15, -0.1) is 0 Å². The van der Waals surface area contributed by atoms with Crippen LogP contribution in [0.3, 0.4) is 0 Å².